The van der Waals surface area contributed by atoms with Crippen molar-refractivity contribution < 1.29 is 5.11 Å². The molecule has 3 heteroatoms. The van der Waals surface area contributed by atoms with Gasteiger partial charge in [0.05, 0.1) is 6.10 Å². The van der Waals surface area contributed by atoms with E-state index in [9.17, 15) is 5.11 Å². The molecule has 0 saturated carbocycles. The van der Waals surface area contributed by atoms with E-state index in [4.69, 9.17) is 0 Å². The normalized spacial score (nSPS) is 25.7. The van der Waals surface area contributed by atoms with Crippen LogP contribution in [0, 0.1) is 11.3 Å². The first-order valence-electron chi connectivity index (χ1n) is 8.18. The molecule has 2 atom stereocenters. The maximum absolute atomic E-state index is 9.84. The van der Waals surface area contributed by atoms with Gasteiger partial charge in [0.25, 0.3) is 0 Å². The van der Waals surface area contributed by atoms with E-state index >= 15 is 0 Å². The molecule has 1 fully saturated rings. The molecule has 0 aromatic carbocycles. The van der Waals surface area contributed by atoms with E-state index in [1.807, 2.05) is 0 Å². The second-order valence-corrected chi connectivity index (χ2v) is 6.45. The summed E-state index contributed by atoms with van der Waals surface area (Å²) in [4.78, 5) is 2.57. The number of piperidine rings is 1. The number of aliphatic hydroxyl groups is 1. The van der Waals surface area contributed by atoms with Crippen LogP contribution >= 0.6 is 0 Å². The number of nitrogens with one attached hydrogen (secondary N) is 1. The van der Waals surface area contributed by atoms with Gasteiger partial charge in [-0.3, -0.25) is 0 Å². The van der Waals surface area contributed by atoms with Crippen LogP contribution in [0.3, 0.4) is 0 Å². The molecule has 1 heterocycles. The van der Waals surface area contributed by atoms with Crippen LogP contribution in [0.25, 0.3) is 0 Å². The fraction of sp³-hybridized carbons (Fsp3) is 1.00. The fourth-order valence-electron chi connectivity index (χ4n) is 3.15. The van der Waals surface area contributed by atoms with Gasteiger partial charge < -0.3 is 15.3 Å². The lowest BCUT2D eigenvalue weighted by molar-refractivity contribution is 0.0144. The van der Waals surface area contributed by atoms with Crippen molar-refractivity contribution in [2.45, 2.75) is 59.5 Å². The van der Waals surface area contributed by atoms with E-state index in [0.29, 0.717) is 11.3 Å². The highest BCUT2D eigenvalue weighted by Crippen LogP contribution is 2.29. The predicted octanol–water partition coefficient (Wildman–Crippen LogP) is 2.50. The average molecular weight is 270 g/mol. The van der Waals surface area contributed by atoms with E-state index in [1.165, 1.54) is 25.8 Å². The van der Waals surface area contributed by atoms with Crippen LogP contribution in [0.4, 0.5) is 0 Å². The molecule has 3 nitrogen and oxygen atoms in total. The van der Waals surface area contributed by atoms with Gasteiger partial charge in [-0.25, -0.2) is 0 Å². The Labute approximate surface area is 119 Å². The summed E-state index contributed by atoms with van der Waals surface area (Å²) < 4.78 is 0. The topological polar surface area (TPSA) is 35.5 Å². The monoisotopic (exact) mass is 270 g/mol. The van der Waals surface area contributed by atoms with E-state index in [0.717, 1.165) is 32.6 Å². The Kier molecular flexibility index (Phi) is 7.33. The zero-order valence-corrected chi connectivity index (χ0v) is 13.4. The van der Waals surface area contributed by atoms with Gasteiger partial charge in [-0.05, 0) is 43.6 Å². The minimum absolute atomic E-state index is 0.0906. The second kappa shape index (κ2) is 8.23. The zero-order valence-electron chi connectivity index (χ0n) is 13.4. The third-order valence-electron chi connectivity index (χ3n) is 4.93. The Morgan fingerprint density at radius 2 is 1.95 bits per heavy atom. The van der Waals surface area contributed by atoms with Gasteiger partial charge in [-0.15, -0.1) is 0 Å². The van der Waals surface area contributed by atoms with E-state index < -0.39 is 0 Å². The van der Waals surface area contributed by atoms with Crippen LogP contribution in [0.2, 0.25) is 0 Å². The second-order valence-electron chi connectivity index (χ2n) is 6.45. The van der Waals surface area contributed by atoms with Crippen molar-refractivity contribution in [3.8, 4) is 0 Å². The summed E-state index contributed by atoms with van der Waals surface area (Å²) in [5.74, 6) is 0.420. The highest BCUT2D eigenvalue weighted by Gasteiger charge is 2.32. The van der Waals surface area contributed by atoms with Gasteiger partial charge in [0.2, 0.25) is 0 Å². The third-order valence-corrected chi connectivity index (χ3v) is 4.93. The molecule has 1 rings (SSSR count). The lowest BCUT2D eigenvalue weighted by atomic mass is 9.80. The number of aliphatic hydroxyl groups excluding tert-OH is 1. The molecule has 0 spiro atoms. The van der Waals surface area contributed by atoms with Crippen LogP contribution < -0.4 is 5.32 Å². The molecule has 0 radical (unpaired) electrons. The lowest BCUT2D eigenvalue weighted by Crippen LogP contribution is -2.49. The molecule has 1 aliphatic heterocycles. The van der Waals surface area contributed by atoms with Crippen molar-refractivity contribution in [2.24, 2.45) is 11.3 Å². The summed E-state index contributed by atoms with van der Waals surface area (Å²) in [5, 5.41) is 13.5. The highest BCUT2D eigenvalue weighted by atomic mass is 16.3. The molecular weight excluding hydrogens is 236 g/mol. The Hall–Kier alpha value is -0.120. The number of hydrogen-bond acceptors (Lipinski definition) is 3. The largest absolute Gasteiger partial charge is 0.393 e. The van der Waals surface area contributed by atoms with Crippen molar-refractivity contribution in [1.82, 2.24) is 10.2 Å². The smallest absolute Gasteiger partial charge is 0.0590 e. The zero-order chi connectivity index (χ0) is 14.3. The van der Waals surface area contributed by atoms with Gasteiger partial charge in [0, 0.05) is 26.2 Å². The van der Waals surface area contributed by atoms with Gasteiger partial charge in [0.15, 0.2) is 0 Å². The van der Waals surface area contributed by atoms with Crippen LogP contribution in [0.5, 0.6) is 0 Å². The van der Waals surface area contributed by atoms with Gasteiger partial charge in [-0.2, -0.15) is 0 Å². The molecule has 2 unspecified atom stereocenters. The quantitative estimate of drug-likeness (QED) is 0.665. The van der Waals surface area contributed by atoms with Gasteiger partial charge >= 0.3 is 0 Å². The van der Waals surface area contributed by atoms with Crippen molar-refractivity contribution in [3.05, 3.63) is 0 Å². The van der Waals surface area contributed by atoms with Gasteiger partial charge in [0.1, 0.15) is 0 Å². The standard InChI is InChI=1S/C16H34N2O/c1-5-9-17-12-16(6-2,7-3)13-18-10-8-15(19)14(4)11-18/h14-15,17,19H,5-13H2,1-4H3. The summed E-state index contributed by atoms with van der Waals surface area (Å²) in [7, 11) is 0. The first kappa shape index (κ1) is 16.9. The summed E-state index contributed by atoms with van der Waals surface area (Å²) in [5.41, 5.74) is 0.400. The molecule has 0 aliphatic carbocycles. The van der Waals surface area contributed by atoms with Crippen LogP contribution in [-0.4, -0.2) is 48.8 Å². The molecule has 1 saturated heterocycles. The molecule has 0 aromatic heterocycles. The number of hydrogen-bond donors (Lipinski definition) is 2. The highest BCUT2D eigenvalue weighted by molar-refractivity contribution is 4.86. The van der Waals surface area contributed by atoms with Crippen molar-refractivity contribution in [3.63, 3.8) is 0 Å². The minimum atomic E-state index is -0.0906. The summed E-state index contributed by atoms with van der Waals surface area (Å²) in [6.45, 7) is 14.6. The van der Waals surface area contributed by atoms with Crippen LogP contribution in [0.15, 0.2) is 0 Å². The maximum Gasteiger partial charge on any atom is 0.0590 e. The molecule has 1 aliphatic rings. The molecule has 0 aromatic rings. The molecule has 114 valence electrons. The van der Waals surface area contributed by atoms with E-state index in [2.05, 4.69) is 37.9 Å². The van der Waals surface area contributed by atoms with Crippen LogP contribution in [-0.2, 0) is 0 Å². The van der Waals surface area contributed by atoms with Crippen molar-refractivity contribution in [2.75, 3.05) is 32.7 Å². The first-order valence-corrected chi connectivity index (χ1v) is 8.18. The minimum Gasteiger partial charge on any atom is -0.393 e. The molecule has 0 amide bonds. The van der Waals surface area contributed by atoms with Crippen LogP contribution in [0.1, 0.15) is 53.4 Å². The number of nitrogens with zero attached hydrogens (tertiary/aromatic N) is 1. The fourth-order valence-corrected chi connectivity index (χ4v) is 3.15. The third kappa shape index (κ3) is 5.05. The summed E-state index contributed by atoms with van der Waals surface area (Å²) >= 11 is 0. The molecule has 2 N–H and O–H groups in total. The maximum atomic E-state index is 9.84. The first-order chi connectivity index (χ1) is 9.06. The Balaban J connectivity index is 2.52. The van der Waals surface area contributed by atoms with Gasteiger partial charge in [-0.1, -0.05) is 27.7 Å². The Morgan fingerprint density at radius 1 is 1.26 bits per heavy atom. The van der Waals surface area contributed by atoms with E-state index in [1.54, 1.807) is 0 Å². The average Bonchev–Trinajstić information content (AvgIpc) is 2.42. The van der Waals surface area contributed by atoms with E-state index in [-0.39, 0.29) is 6.10 Å². The number of rotatable bonds is 8. The summed E-state index contributed by atoms with van der Waals surface area (Å²) in [6, 6.07) is 0. The Bertz CT molecular complexity index is 241. The summed E-state index contributed by atoms with van der Waals surface area (Å²) in [6.07, 6.45) is 4.51. The molecular formula is C16H34N2O. The predicted molar refractivity (Wildman–Crippen MR) is 82.4 cm³/mol. The lowest BCUT2D eigenvalue weighted by Gasteiger charge is -2.42. The Morgan fingerprint density at radius 3 is 2.47 bits per heavy atom. The van der Waals surface area contributed by atoms with Crippen molar-refractivity contribution in [1.29, 1.82) is 0 Å². The molecule has 19 heavy (non-hydrogen) atoms. The van der Waals surface area contributed by atoms with Crippen molar-refractivity contribution >= 4 is 0 Å². The number of likely N-dealkylation sites (tertiary alicyclic amines) is 1. The SMILES string of the molecule is CCCNCC(CC)(CC)CN1CCC(O)C(C)C1. The molecule has 0 bridgehead atoms.